The number of nitrogens with zero attached hydrogens (tertiary/aromatic N) is 2. The summed E-state index contributed by atoms with van der Waals surface area (Å²) in [4.78, 5) is 5.14. The minimum Gasteiger partial charge on any atom is -0.301 e. The third-order valence-electron chi connectivity index (χ3n) is 3.07. The van der Waals surface area contributed by atoms with Gasteiger partial charge in [0.2, 0.25) is 0 Å². The average Bonchev–Trinajstić information content (AvgIpc) is 2.68. The van der Waals surface area contributed by atoms with Crippen LogP contribution in [0.25, 0.3) is 0 Å². The van der Waals surface area contributed by atoms with E-state index in [1.165, 1.54) is 44.7 Å². The van der Waals surface area contributed by atoms with Crippen molar-refractivity contribution >= 4 is 27.3 Å². The Morgan fingerprint density at radius 1 is 1.19 bits per heavy atom. The zero-order valence-electron chi connectivity index (χ0n) is 9.57. The third-order valence-corrected chi connectivity index (χ3v) is 4.15. The van der Waals surface area contributed by atoms with Crippen molar-refractivity contribution in [2.75, 3.05) is 38.1 Å². The molecular weight excluding hydrogens is 284 g/mol. The molecule has 0 aliphatic carbocycles. The first kappa shape index (κ1) is 12.6. The number of hydrogen-bond donors (Lipinski definition) is 0. The summed E-state index contributed by atoms with van der Waals surface area (Å²) in [5.41, 5.74) is 1.47. The van der Waals surface area contributed by atoms with Gasteiger partial charge in [-0.3, -0.25) is 4.90 Å². The zero-order valence-corrected chi connectivity index (χ0v) is 12.0. The quantitative estimate of drug-likeness (QED) is 0.789. The van der Waals surface area contributed by atoms with Crippen LogP contribution in [0.15, 0.2) is 16.8 Å². The van der Waals surface area contributed by atoms with Crippen LogP contribution in [0.1, 0.15) is 12.0 Å². The predicted octanol–water partition coefficient (Wildman–Crippen LogP) is 2.65. The Balaban J connectivity index is 1.80. The Labute approximate surface area is 110 Å². The van der Waals surface area contributed by atoms with E-state index in [-0.39, 0.29) is 0 Å². The number of halogens is 1. The first-order chi connectivity index (χ1) is 7.88. The van der Waals surface area contributed by atoms with Gasteiger partial charge in [0.15, 0.2) is 0 Å². The highest BCUT2D eigenvalue weighted by Crippen LogP contribution is 2.11. The fourth-order valence-corrected chi connectivity index (χ4v) is 3.33. The minimum absolute atomic E-state index is 1.09. The standard InChI is InChI=1S/C12H19BrN2S/c13-3-6-14-4-1-5-15(8-7-14)10-12-2-9-16-11-12/h2,9,11H,1,3-8,10H2. The van der Waals surface area contributed by atoms with Gasteiger partial charge in [-0.15, -0.1) is 0 Å². The van der Waals surface area contributed by atoms with Crippen LogP contribution in [-0.2, 0) is 6.54 Å². The van der Waals surface area contributed by atoms with Crippen molar-refractivity contribution in [2.45, 2.75) is 13.0 Å². The Kier molecular flexibility index (Phi) is 5.29. The van der Waals surface area contributed by atoms with Crippen molar-refractivity contribution in [3.8, 4) is 0 Å². The number of hydrogen-bond acceptors (Lipinski definition) is 3. The second-order valence-corrected chi connectivity index (χ2v) is 5.86. The fraction of sp³-hybridized carbons (Fsp3) is 0.667. The number of thiophene rings is 1. The van der Waals surface area contributed by atoms with E-state index in [1.807, 2.05) is 0 Å². The first-order valence-corrected chi connectivity index (χ1v) is 7.96. The molecule has 90 valence electrons. The highest BCUT2D eigenvalue weighted by molar-refractivity contribution is 9.09. The molecular formula is C12H19BrN2S. The summed E-state index contributed by atoms with van der Waals surface area (Å²) in [6.07, 6.45) is 1.30. The summed E-state index contributed by atoms with van der Waals surface area (Å²) in [7, 11) is 0. The molecule has 2 nitrogen and oxygen atoms in total. The second-order valence-electron chi connectivity index (χ2n) is 4.29. The average molecular weight is 303 g/mol. The molecule has 0 amide bonds. The molecule has 2 rings (SSSR count). The molecule has 1 aliphatic rings. The summed E-state index contributed by atoms with van der Waals surface area (Å²) < 4.78 is 0. The van der Waals surface area contributed by atoms with Gasteiger partial charge in [-0.25, -0.2) is 0 Å². The lowest BCUT2D eigenvalue weighted by Crippen LogP contribution is -2.31. The van der Waals surface area contributed by atoms with Gasteiger partial charge < -0.3 is 4.90 Å². The lowest BCUT2D eigenvalue weighted by molar-refractivity contribution is 0.259. The molecule has 0 aromatic carbocycles. The Morgan fingerprint density at radius 2 is 2.00 bits per heavy atom. The van der Waals surface area contributed by atoms with Crippen LogP contribution in [0, 0.1) is 0 Å². The topological polar surface area (TPSA) is 6.48 Å². The molecule has 16 heavy (non-hydrogen) atoms. The van der Waals surface area contributed by atoms with E-state index >= 15 is 0 Å². The van der Waals surface area contributed by atoms with Gasteiger partial charge >= 0.3 is 0 Å². The van der Waals surface area contributed by atoms with E-state index in [1.54, 1.807) is 11.3 Å². The van der Waals surface area contributed by atoms with E-state index in [0.29, 0.717) is 0 Å². The Hall–Kier alpha value is 0.100. The maximum atomic E-state index is 3.52. The fourth-order valence-electron chi connectivity index (χ4n) is 2.17. The smallest absolute Gasteiger partial charge is 0.0242 e. The van der Waals surface area contributed by atoms with Crippen LogP contribution in [-0.4, -0.2) is 47.9 Å². The molecule has 0 bridgehead atoms. The summed E-state index contributed by atoms with van der Waals surface area (Å²) in [6, 6.07) is 2.24. The van der Waals surface area contributed by atoms with Crippen LogP contribution in [0.4, 0.5) is 0 Å². The van der Waals surface area contributed by atoms with E-state index in [2.05, 4.69) is 42.6 Å². The van der Waals surface area contributed by atoms with E-state index in [4.69, 9.17) is 0 Å². The number of alkyl halides is 1. The van der Waals surface area contributed by atoms with Gasteiger partial charge in [-0.2, -0.15) is 11.3 Å². The van der Waals surface area contributed by atoms with Crippen molar-refractivity contribution in [1.82, 2.24) is 9.80 Å². The molecule has 0 spiro atoms. The molecule has 0 saturated carbocycles. The molecule has 2 heterocycles. The van der Waals surface area contributed by atoms with Crippen molar-refractivity contribution in [3.05, 3.63) is 22.4 Å². The van der Waals surface area contributed by atoms with E-state index < -0.39 is 0 Å². The molecule has 0 unspecified atom stereocenters. The van der Waals surface area contributed by atoms with Crippen molar-refractivity contribution in [3.63, 3.8) is 0 Å². The third kappa shape index (κ3) is 3.84. The molecule has 1 aromatic rings. The summed E-state index contributed by atoms with van der Waals surface area (Å²) in [5.74, 6) is 0. The normalized spacial score (nSPS) is 19.8. The highest BCUT2D eigenvalue weighted by Gasteiger charge is 2.14. The monoisotopic (exact) mass is 302 g/mol. The Bertz CT molecular complexity index is 289. The van der Waals surface area contributed by atoms with Gasteiger partial charge in [0.25, 0.3) is 0 Å². The zero-order chi connectivity index (χ0) is 11.2. The number of rotatable bonds is 4. The van der Waals surface area contributed by atoms with E-state index in [9.17, 15) is 0 Å². The van der Waals surface area contributed by atoms with Crippen LogP contribution in [0.5, 0.6) is 0 Å². The van der Waals surface area contributed by atoms with E-state index in [0.717, 1.165) is 11.9 Å². The first-order valence-electron chi connectivity index (χ1n) is 5.90. The summed E-state index contributed by atoms with van der Waals surface area (Å²) in [6.45, 7) is 7.25. The van der Waals surface area contributed by atoms with Crippen LogP contribution < -0.4 is 0 Å². The highest BCUT2D eigenvalue weighted by atomic mass is 79.9. The molecule has 1 saturated heterocycles. The van der Waals surface area contributed by atoms with Crippen molar-refractivity contribution in [2.24, 2.45) is 0 Å². The van der Waals surface area contributed by atoms with Crippen LogP contribution >= 0.6 is 27.3 Å². The minimum atomic E-state index is 1.09. The van der Waals surface area contributed by atoms with Gasteiger partial charge in [0, 0.05) is 31.5 Å². The van der Waals surface area contributed by atoms with Gasteiger partial charge in [0.05, 0.1) is 0 Å². The maximum absolute atomic E-state index is 3.52. The molecule has 1 aromatic heterocycles. The molecule has 0 N–H and O–H groups in total. The van der Waals surface area contributed by atoms with Gasteiger partial charge in [-0.05, 0) is 41.9 Å². The molecule has 0 atom stereocenters. The predicted molar refractivity (Wildman–Crippen MR) is 74.4 cm³/mol. The molecule has 4 heteroatoms. The SMILES string of the molecule is BrCCN1CCCN(Cc2ccsc2)CC1. The molecule has 0 radical (unpaired) electrons. The van der Waals surface area contributed by atoms with Crippen LogP contribution in [0.2, 0.25) is 0 Å². The lowest BCUT2D eigenvalue weighted by atomic mass is 10.3. The lowest BCUT2D eigenvalue weighted by Gasteiger charge is -2.20. The maximum Gasteiger partial charge on any atom is 0.0242 e. The van der Waals surface area contributed by atoms with Crippen LogP contribution in [0.3, 0.4) is 0 Å². The molecule has 1 aliphatic heterocycles. The molecule has 1 fully saturated rings. The Morgan fingerprint density at radius 3 is 2.75 bits per heavy atom. The van der Waals surface area contributed by atoms with Crippen molar-refractivity contribution < 1.29 is 0 Å². The summed E-state index contributed by atoms with van der Waals surface area (Å²) >= 11 is 5.32. The second kappa shape index (κ2) is 6.74. The van der Waals surface area contributed by atoms with Gasteiger partial charge in [-0.1, -0.05) is 15.9 Å². The van der Waals surface area contributed by atoms with Crippen molar-refractivity contribution in [1.29, 1.82) is 0 Å². The summed E-state index contributed by atoms with van der Waals surface area (Å²) in [5, 5.41) is 5.53. The largest absolute Gasteiger partial charge is 0.301 e. The van der Waals surface area contributed by atoms with Gasteiger partial charge in [0.1, 0.15) is 0 Å².